The van der Waals surface area contributed by atoms with Crippen LogP contribution in [0.2, 0.25) is 0 Å². The second-order valence-electron chi connectivity index (χ2n) is 12.6. The van der Waals surface area contributed by atoms with Gasteiger partial charge < -0.3 is 0 Å². The van der Waals surface area contributed by atoms with E-state index >= 15 is 0 Å². The van der Waals surface area contributed by atoms with E-state index in [0.717, 1.165) is 74.6 Å². The number of carbonyl (C=O) groups is 3. The summed E-state index contributed by atoms with van der Waals surface area (Å²) < 4.78 is 2.76. The number of nitrogens with zero attached hydrogens (tertiary/aromatic N) is 5. The molecular weight excluding hydrogens is 719 g/mol. The van der Waals surface area contributed by atoms with E-state index in [4.69, 9.17) is 0 Å². The molecule has 1 unspecified atom stereocenters. The van der Waals surface area contributed by atoms with Gasteiger partial charge in [-0.05, 0) is 0 Å². The van der Waals surface area contributed by atoms with Crippen molar-refractivity contribution in [3.8, 4) is 17.0 Å². The molecule has 1 aromatic heterocycles. The number of carbonyl (C=O) groups excluding carboxylic acids is 3. The zero-order valence-electron chi connectivity index (χ0n) is 26.6. The first-order valence-electron chi connectivity index (χ1n) is 16.4. The molecule has 1 atom stereocenters. The summed E-state index contributed by atoms with van der Waals surface area (Å²) in [7, 11) is 0. The number of piperidine rings is 2. The van der Waals surface area contributed by atoms with Gasteiger partial charge in [-0.25, -0.2) is 0 Å². The van der Waals surface area contributed by atoms with E-state index in [1.165, 1.54) is 0 Å². The van der Waals surface area contributed by atoms with Gasteiger partial charge >= 0.3 is 287 Å². The molecule has 3 aliphatic heterocycles. The molecular formula is C37H38IN6O4-. The molecule has 7 rings (SSSR count). The number of para-hydroxylation sites is 1. The predicted molar refractivity (Wildman–Crippen MR) is 179 cm³/mol. The summed E-state index contributed by atoms with van der Waals surface area (Å²) in [6, 6.07) is 27.5. The summed E-state index contributed by atoms with van der Waals surface area (Å²) in [5.41, 5.74) is 4.84. The maximum atomic E-state index is 14.4. The van der Waals surface area contributed by atoms with Gasteiger partial charge in [-0.1, -0.05) is 0 Å². The number of nitrogens with one attached hydrogen (secondary N) is 1. The number of hydrogen-bond donors (Lipinski definition) is 2. The number of rotatable bonds is 8. The normalized spacial score (nSPS) is 20.0. The van der Waals surface area contributed by atoms with E-state index in [2.05, 4.69) is 52.7 Å². The van der Waals surface area contributed by atoms with Crippen LogP contribution in [0, 0.1) is 0 Å². The molecule has 4 aromatic rings. The Morgan fingerprint density at radius 1 is 0.833 bits per heavy atom. The van der Waals surface area contributed by atoms with E-state index < -0.39 is 26.9 Å². The van der Waals surface area contributed by atoms with Crippen LogP contribution >= 0.6 is 0 Å². The first-order valence-corrected chi connectivity index (χ1v) is 18.5. The van der Waals surface area contributed by atoms with E-state index in [9.17, 15) is 19.5 Å². The quantitative estimate of drug-likeness (QED) is 0.119. The molecule has 0 radical (unpaired) electrons. The van der Waals surface area contributed by atoms with Crippen molar-refractivity contribution in [2.24, 2.45) is 0 Å². The standard InChI is InChI=1S/C37H38IN6O4/c45-33-9-5-4-8-31(33)32-24-29(25-39-41-32)42-18-16-37(17-19-42,27-6-2-1-3-7-27)36(48)38-44-22-20-43(21-23-44)28-12-10-26(11-13-28)30-14-15-34(46)40-35(30)47/h1-13,24-25,30,45H,14-23H2,(H,40,46,47)/q-1. The predicted octanol–water partition coefficient (Wildman–Crippen LogP) is 1.26. The van der Waals surface area contributed by atoms with Crippen LogP contribution in [0.25, 0.3) is 11.3 Å². The molecule has 10 nitrogen and oxygen atoms in total. The second-order valence-corrected chi connectivity index (χ2v) is 15.4. The number of anilines is 2. The summed E-state index contributed by atoms with van der Waals surface area (Å²) >= 11 is -0.855. The van der Waals surface area contributed by atoms with Crippen molar-refractivity contribution >= 4 is 27.0 Å². The first-order chi connectivity index (χ1) is 23.4. The Bertz CT molecular complexity index is 1790. The van der Waals surface area contributed by atoms with Crippen molar-refractivity contribution in [1.82, 2.24) is 18.6 Å². The SMILES string of the molecule is O=C1CCC(c2ccc(N3CCN([I-]C(=O)C4(c5ccccc5)CCN(c5cnnc(-c6ccccc6O)c5)CC4)CC3)cc2)C(=O)N1. The number of aromatic nitrogens is 2. The summed E-state index contributed by atoms with van der Waals surface area (Å²) in [6.07, 6.45) is 4.13. The van der Waals surface area contributed by atoms with Gasteiger partial charge in [0.15, 0.2) is 0 Å². The van der Waals surface area contributed by atoms with Gasteiger partial charge in [0.05, 0.1) is 0 Å². The maximum absolute atomic E-state index is 14.4. The molecule has 0 spiro atoms. The van der Waals surface area contributed by atoms with Crippen LogP contribution in [0.4, 0.5) is 11.4 Å². The van der Waals surface area contributed by atoms with E-state index in [1.54, 1.807) is 18.3 Å². The van der Waals surface area contributed by atoms with Crippen molar-refractivity contribution in [3.05, 3.63) is 102 Å². The van der Waals surface area contributed by atoms with Crippen LogP contribution in [-0.4, -0.2) is 73.3 Å². The minimum atomic E-state index is -0.855. The van der Waals surface area contributed by atoms with Gasteiger partial charge in [-0.15, -0.1) is 0 Å². The van der Waals surface area contributed by atoms with Crippen LogP contribution in [0.15, 0.2) is 91.1 Å². The zero-order chi connectivity index (χ0) is 33.1. The van der Waals surface area contributed by atoms with E-state index in [0.29, 0.717) is 27.9 Å². The molecule has 248 valence electrons. The van der Waals surface area contributed by atoms with Crippen molar-refractivity contribution in [3.63, 3.8) is 0 Å². The van der Waals surface area contributed by atoms with Crippen molar-refractivity contribution in [2.45, 2.75) is 37.0 Å². The van der Waals surface area contributed by atoms with Gasteiger partial charge in [0, 0.05) is 0 Å². The molecule has 0 aliphatic carbocycles. The molecule has 3 aliphatic rings. The number of aromatic hydroxyl groups is 1. The van der Waals surface area contributed by atoms with Gasteiger partial charge in [0.1, 0.15) is 0 Å². The van der Waals surface area contributed by atoms with Crippen LogP contribution in [0.3, 0.4) is 0 Å². The molecule has 0 bridgehead atoms. The number of benzene rings is 3. The Kier molecular flexibility index (Phi) is 9.40. The van der Waals surface area contributed by atoms with Crippen molar-refractivity contribution < 1.29 is 41.0 Å². The third-order valence-electron chi connectivity index (χ3n) is 9.83. The molecule has 3 aromatic carbocycles. The third kappa shape index (κ3) is 6.66. The molecule has 2 N–H and O–H groups in total. The summed E-state index contributed by atoms with van der Waals surface area (Å²) in [5, 5.41) is 21.3. The third-order valence-corrected chi connectivity index (χ3v) is 12.9. The number of phenols is 1. The van der Waals surface area contributed by atoms with E-state index in [1.807, 2.05) is 48.5 Å². The average molecular weight is 758 g/mol. The molecule has 0 saturated carbocycles. The Balaban J connectivity index is 0.994. The summed E-state index contributed by atoms with van der Waals surface area (Å²) in [4.78, 5) is 42.8. The number of halogens is 1. The van der Waals surface area contributed by atoms with Gasteiger partial charge in [0.2, 0.25) is 0 Å². The van der Waals surface area contributed by atoms with Gasteiger partial charge in [0.25, 0.3) is 0 Å². The van der Waals surface area contributed by atoms with Crippen LogP contribution in [0.1, 0.15) is 42.7 Å². The molecule has 48 heavy (non-hydrogen) atoms. The molecule has 11 heteroatoms. The second kappa shape index (κ2) is 14.0. The van der Waals surface area contributed by atoms with E-state index in [-0.39, 0.29) is 23.5 Å². The monoisotopic (exact) mass is 757 g/mol. The fourth-order valence-electron chi connectivity index (χ4n) is 7.00. The molecule has 2 amide bonds. The fraction of sp³-hybridized carbons (Fsp3) is 0.324. The summed E-state index contributed by atoms with van der Waals surface area (Å²) in [5.74, 6) is -0.526. The Hall–Kier alpha value is -4.36. The zero-order valence-corrected chi connectivity index (χ0v) is 28.8. The Morgan fingerprint density at radius 3 is 2.23 bits per heavy atom. The van der Waals surface area contributed by atoms with Gasteiger partial charge in [-0.3, -0.25) is 4.79 Å². The number of piperazine rings is 1. The fourth-order valence-corrected chi connectivity index (χ4v) is 9.84. The molecule has 4 heterocycles. The molecule has 3 saturated heterocycles. The topological polar surface area (TPSA) is 119 Å². The minimum absolute atomic E-state index is 0.170. The number of imide groups is 1. The number of phenolic OH excluding ortho intramolecular Hbond substituents is 1. The average Bonchev–Trinajstić information content (AvgIpc) is 3.13. The summed E-state index contributed by atoms with van der Waals surface area (Å²) in [6.45, 7) is 4.79. The van der Waals surface area contributed by atoms with Crippen molar-refractivity contribution in [2.75, 3.05) is 49.1 Å². The number of hydrogen-bond acceptors (Lipinski definition) is 9. The molecule has 3 fully saturated rings. The van der Waals surface area contributed by atoms with Crippen LogP contribution in [-0.2, 0) is 19.8 Å². The number of amides is 2. The Labute approximate surface area is 290 Å². The van der Waals surface area contributed by atoms with Gasteiger partial charge in [-0.2, -0.15) is 0 Å². The van der Waals surface area contributed by atoms with Crippen molar-refractivity contribution in [1.29, 1.82) is 0 Å². The van der Waals surface area contributed by atoms with Crippen LogP contribution in [0.5, 0.6) is 5.75 Å². The first kappa shape index (κ1) is 32.2. The Morgan fingerprint density at radius 2 is 1.52 bits per heavy atom. The van der Waals surface area contributed by atoms with Crippen LogP contribution < -0.4 is 36.6 Å².